The molecule has 0 saturated carbocycles. The van der Waals surface area contributed by atoms with Gasteiger partial charge < -0.3 is 9.72 Å². The average molecular weight is 296 g/mol. The van der Waals surface area contributed by atoms with Crippen molar-refractivity contribution in [3.05, 3.63) is 44.2 Å². The van der Waals surface area contributed by atoms with Gasteiger partial charge in [-0.25, -0.2) is 4.79 Å². The Morgan fingerprint density at radius 3 is 2.76 bits per heavy atom. The lowest BCUT2D eigenvalue weighted by molar-refractivity contribution is 0.0594. The van der Waals surface area contributed by atoms with Crippen LogP contribution in [0, 0.1) is 6.92 Å². The molecule has 0 saturated heterocycles. The Morgan fingerprint density at radius 2 is 2.12 bits per heavy atom. The molecule has 2 rings (SSSR count). The van der Waals surface area contributed by atoms with E-state index in [1.54, 1.807) is 6.07 Å². The molecule has 0 aliphatic heterocycles. The molecule has 17 heavy (non-hydrogen) atoms. The van der Waals surface area contributed by atoms with E-state index in [1.807, 2.05) is 13.0 Å². The minimum Gasteiger partial charge on any atom is -0.464 e. The molecule has 1 aromatic carbocycles. The molecule has 0 aliphatic carbocycles. The number of benzene rings is 1. The van der Waals surface area contributed by atoms with Gasteiger partial charge in [0.25, 0.3) is 0 Å². The molecule has 0 spiro atoms. The maximum absolute atomic E-state index is 11.8. The number of methoxy groups -OCH3 is 1. The number of rotatable bonds is 1. The summed E-state index contributed by atoms with van der Waals surface area (Å²) in [6.45, 7) is 1.86. The summed E-state index contributed by atoms with van der Waals surface area (Å²) < 4.78 is 5.47. The van der Waals surface area contributed by atoms with Crippen LogP contribution in [0.3, 0.4) is 0 Å². The second kappa shape index (κ2) is 4.33. The quantitative estimate of drug-likeness (QED) is 0.822. The van der Waals surface area contributed by atoms with E-state index in [1.165, 1.54) is 13.2 Å². The molecule has 4 nitrogen and oxygen atoms in total. The van der Waals surface area contributed by atoms with Crippen LogP contribution in [0.25, 0.3) is 10.9 Å². The van der Waals surface area contributed by atoms with E-state index < -0.39 is 5.97 Å². The van der Waals surface area contributed by atoms with Crippen LogP contribution in [0.15, 0.2) is 27.5 Å². The second-order valence-electron chi connectivity index (χ2n) is 3.63. The Balaban J connectivity index is 2.84. The molecular weight excluding hydrogens is 286 g/mol. The lowest BCUT2D eigenvalue weighted by atomic mass is 10.1. The van der Waals surface area contributed by atoms with E-state index in [0.717, 1.165) is 10.0 Å². The minimum atomic E-state index is -0.552. The number of carbonyl (C=O) groups is 1. The molecule has 2 aromatic rings. The van der Waals surface area contributed by atoms with E-state index in [2.05, 4.69) is 25.7 Å². The van der Waals surface area contributed by atoms with Gasteiger partial charge in [0.2, 0.25) is 0 Å². The van der Waals surface area contributed by atoms with Gasteiger partial charge in [0.1, 0.15) is 5.69 Å². The number of aryl methyl sites for hydroxylation is 1. The molecular formula is C12H10BrNO3. The predicted octanol–water partition coefficient (Wildman–Crippen LogP) is 2.39. The van der Waals surface area contributed by atoms with Crippen molar-refractivity contribution in [2.75, 3.05) is 7.11 Å². The fourth-order valence-corrected chi connectivity index (χ4v) is 1.98. The number of hydrogen-bond donors (Lipinski definition) is 1. The van der Waals surface area contributed by atoms with Crippen LogP contribution in [-0.4, -0.2) is 18.1 Å². The minimum absolute atomic E-state index is 0.159. The number of nitrogens with one attached hydrogen (secondary N) is 1. The fourth-order valence-electron chi connectivity index (χ4n) is 1.65. The highest BCUT2D eigenvalue weighted by Crippen LogP contribution is 2.22. The van der Waals surface area contributed by atoms with Crippen molar-refractivity contribution in [2.45, 2.75) is 6.92 Å². The largest absolute Gasteiger partial charge is 0.464 e. The van der Waals surface area contributed by atoms with Crippen molar-refractivity contribution >= 4 is 32.8 Å². The Morgan fingerprint density at radius 1 is 1.41 bits per heavy atom. The number of esters is 1. The number of halogens is 1. The molecule has 0 atom stereocenters. The summed E-state index contributed by atoms with van der Waals surface area (Å²) in [4.78, 5) is 26.2. The van der Waals surface area contributed by atoms with Crippen LogP contribution in [0.2, 0.25) is 0 Å². The smallest absolute Gasteiger partial charge is 0.354 e. The third-order valence-corrected chi connectivity index (χ3v) is 3.46. The van der Waals surface area contributed by atoms with Gasteiger partial charge in [0, 0.05) is 15.9 Å². The highest BCUT2D eigenvalue weighted by Gasteiger charge is 2.11. The summed E-state index contributed by atoms with van der Waals surface area (Å²) in [6.07, 6.45) is 0. The Kier molecular flexibility index (Phi) is 3.02. The van der Waals surface area contributed by atoms with E-state index in [0.29, 0.717) is 10.9 Å². The third-order valence-electron chi connectivity index (χ3n) is 2.60. The van der Waals surface area contributed by atoms with Gasteiger partial charge >= 0.3 is 5.97 Å². The first kappa shape index (κ1) is 11.9. The second-order valence-corrected chi connectivity index (χ2v) is 4.49. The maximum Gasteiger partial charge on any atom is 0.354 e. The number of hydrogen-bond acceptors (Lipinski definition) is 3. The standard InChI is InChI=1S/C12H10BrNO3/c1-6-8(13)4-3-7-10(15)5-9(12(16)17-2)14-11(6)7/h3-5H,1-2H3,(H,14,15). The average Bonchev–Trinajstić information content (AvgIpc) is 2.33. The molecule has 0 radical (unpaired) electrons. The summed E-state index contributed by atoms with van der Waals surface area (Å²) in [5.74, 6) is -0.552. The zero-order valence-electron chi connectivity index (χ0n) is 9.33. The van der Waals surface area contributed by atoms with E-state index in [4.69, 9.17) is 0 Å². The highest BCUT2D eigenvalue weighted by molar-refractivity contribution is 9.10. The fraction of sp³-hybridized carbons (Fsp3) is 0.167. The van der Waals surface area contributed by atoms with Crippen molar-refractivity contribution in [2.24, 2.45) is 0 Å². The van der Waals surface area contributed by atoms with Crippen molar-refractivity contribution < 1.29 is 9.53 Å². The summed E-state index contributed by atoms with van der Waals surface area (Å²) in [7, 11) is 1.28. The lowest BCUT2D eigenvalue weighted by Crippen LogP contribution is -2.11. The lowest BCUT2D eigenvalue weighted by Gasteiger charge is -2.06. The number of aromatic nitrogens is 1. The van der Waals surface area contributed by atoms with Gasteiger partial charge in [-0.05, 0) is 24.6 Å². The summed E-state index contributed by atoms with van der Waals surface area (Å²) in [6, 6.07) is 4.78. The SMILES string of the molecule is COC(=O)c1cc(=O)c2ccc(Br)c(C)c2[nH]1. The first-order valence-corrected chi connectivity index (χ1v) is 5.74. The van der Waals surface area contributed by atoms with Gasteiger partial charge in [0.05, 0.1) is 12.6 Å². The molecule has 0 fully saturated rings. The molecule has 1 aromatic heterocycles. The number of fused-ring (bicyclic) bond motifs is 1. The van der Waals surface area contributed by atoms with Crippen molar-refractivity contribution in [3.8, 4) is 0 Å². The van der Waals surface area contributed by atoms with Crippen LogP contribution >= 0.6 is 15.9 Å². The molecule has 0 bridgehead atoms. The van der Waals surface area contributed by atoms with Crippen LogP contribution in [0.1, 0.15) is 16.1 Å². The molecule has 0 amide bonds. The number of carbonyl (C=O) groups excluding carboxylic acids is 1. The number of ether oxygens (including phenoxy) is 1. The third kappa shape index (κ3) is 1.98. The zero-order chi connectivity index (χ0) is 12.6. The van der Waals surface area contributed by atoms with E-state index >= 15 is 0 Å². The van der Waals surface area contributed by atoms with Gasteiger partial charge in [-0.15, -0.1) is 0 Å². The summed E-state index contributed by atoms with van der Waals surface area (Å²) in [5, 5.41) is 0.554. The summed E-state index contributed by atoms with van der Waals surface area (Å²) >= 11 is 3.38. The van der Waals surface area contributed by atoms with Crippen LogP contribution in [0.5, 0.6) is 0 Å². The van der Waals surface area contributed by atoms with Gasteiger partial charge in [-0.1, -0.05) is 15.9 Å². The van der Waals surface area contributed by atoms with Crippen LogP contribution < -0.4 is 5.43 Å². The Labute approximate surface area is 106 Å². The van der Waals surface area contributed by atoms with Crippen LogP contribution in [-0.2, 0) is 4.74 Å². The maximum atomic E-state index is 11.8. The number of pyridine rings is 1. The molecule has 88 valence electrons. The van der Waals surface area contributed by atoms with Gasteiger partial charge in [0.15, 0.2) is 5.43 Å². The zero-order valence-corrected chi connectivity index (χ0v) is 10.9. The van der Waals surface area contributed by atoms with Crippen LogP contribution in [0.4, 0.5) is 0 Å². The first-order chi connectivity index (χ1) is 8.04. The molecule has 1 N–H and O–H groups in total. The summed E-state index contributed by atoms with van der Waals surface area (Å²) in [5.41, 5.74) is 1.48. The normalized spacial score (nSPS) is 10.5. The number of aromatic amines is 1. The molecule has 1 heterocycles. The van der Waals surface area contributed by atoms with Gasteiger partial charge in [-0.3, -0.25) is 4.79 Å². The van der Waals surface area contributed by atoms with E-state index in [-0.39, 0.29) is 11.1 Å². The predicted molar refractivity (Wildman–Crippen MR) is 68.3 cm³/mol. The Bertz CT molecular complexity index is 661. The monoisotopic (exact) mass is 295 g/mol. The van der Waals surface area contributed by atoms with E-state index in [9.17, 15) is 9.59 Å². The van der Waals surface area contributed by atoms with Crippen molar-refractivity contribution in [3.63, 3.8) is 0 Å². The molecule has 0 unspecified atom stereocenters. The molecule has 5 heteroatoms. The Hall–Kier alpha value is -1.62. The number of H-pyrrole nitrogens is 1. The highest BCUT2D eigenvalue weighted by atomic mass is 79.9. The van der Waals surface area contributed by atoms with Crippen molar-refractivity contribution in [1.82, 2.24) is 4.98 Å². The van der Waals surface area contributed by atoms with Gasteiger partial charge in [-0.2, -0.15) is 0 Å². The van der Waals surface area contributed by atoms with Crippen molar-refractivity contribution in [1.29, 1.82) is 0 Å². The topological polar surface area (TPSA) is 59.2 Å². The molecule has 0 aliphatic rings. The first-order valence-electron chi connectivity index (χ1n) is 4.95.